The van der Waals surface area contributed by atoms with Crippen LogP contribution in [0.4, 0.5) is 0 Å². The second-order valence-electron chi connectivity index (χ2n) is 5.03. The van der Waals surface area contributed by atoms with Gasteiger partial charge in [0.25, 0.3) is 5.56 Å². The quantitative estimate of drug-likeness (QED) is 0.811. The van der Waals surface area contributed by atoms with Crippen molar-refractivity contribution in [1.82, 2.24) is 9.97 Å². The molecular formula is C12H18N2O3. The molecule has 0 amide bonds. The van der Waals surface area contributed by atoms with E-state index in [4.69, 9.17) is 4.74 Å². The highest BCUT2D eigenvalue weighted by molar-refractivity contribution is 5.88. The number of ether oxygens (including phenoxy) is 1. The van der Waals surface area contributed by atoms with Gasteiger partial charge in [0.15, 0.2) is 0 Å². The third-order valence-corrected chi connectivity index (χ3v) is 2.05. The van der Waals surface area contributed by atoms with E-state index < -0.39 is 11.5 Å². The summed E-state index contributed by atoms with van der Waals surface area (Å²) in [6.45, 7) is 8.07. The molecule has 1 aromatic rings. The van der Waals surface area contributed by atoms with E-state index in [1.807, 2.05) is 20.8 Å². The fourth-order valence-corrected chi connectivity index (χ4v) is 1.38. The van der Waals surface area contributed by atoms with Crippen LogP contribution in [0.25, 0.3) is 0 Å². The summed E-state index contributed by atoms with van der Waals surface area (Å²) in [5.74, 6) is -0.0564. The molecule has 0 aliphatic carbocycles. The van der Waals surface area contributed by atoms with Crippen molar-refractivity contribution in [3.05, 3.63) is 27.9 Å². The van der Waals surface area contributed by atoms with Crippen LogP contribution in [0, 0.1) is 5.41 Å². The van der Waals surface area contributed by atoms with Crippen molar-refractivity contribution in [3.8, 4) is 0 Å². The maximum atomic E-state index is 11.6. The number of rotatable bonds is 3. The first-order chi connectivity index (χ1) is 7.83. The predicted molar refractivity (Wildman–Crippen MR) is 64.0 cm³/mol. The first-order valence-corrected chi connectivity index (χ1v) is 5.59. The van der Waals surface area contributed by atoms with Gasteiger partial charge in [-0.15, -0.1) is 0 Å². The monoisotopic (exact) mass is 238 g/mol. The molecule has 0 aromatic carbocycles. The van der Waals surface area contributed by atoms with Gasteiger partial charge in [-0.1, -0.05) is 20.8 Å². The molecule has 0 saturated heterocycles. The lowest BCUT2D eigenvalue weighted by atomic mass is 9.92. The van der Waals surface area contributed by atoms with Crippen LogP contribution < -0.4 is 5.56 Å². The molecule has 1 aromatic heterocycles. The molecule has 1 heterocycles. The summed E-state index contributed by atoms with van der Waals surface area (Å²) < 4.78 is 4.75. The summed E-state index contributed by atoms with van der Waals surface area (Å²) in [5, 5.41) is 0. The van der Waals surface area contributed by atoms with Crippen LogP contribution in [0.15, 0.2) is 11.0 Å². The molecule has 0 spiro atoms. The van der Waals surface area contributed by atoms with Gasteiger partial charge in [-0.2, -0.15) is 0 Å². The van der Waals surface area contributed by atoms with Crippen LogP contribution in [-0.4, -0.2) is 22.5 Å². The molecule has 0 unspecified atom stereocenters. The van der Waals surface area contributed by atoms with Crippen LogP contribution in [-0.2, 0) is 11.2 Å². The van der Waals surface area contributed by atoms with E-state index in [0.717, 1.165) is 0 Å². The standard InChI is InChI=1S/C12H18N2O3/c1-5-17-11(16)8-7-13-9(14-10(8)15)6-12(2,3)4/h7H,5-6H2,1-4H3,(H,13,14,15). The summed E-state index contributed by atoms with van der Waals surface area (Å²) in [6, 6.07) is 0. The minimum Gasteiger partial charge on any atom is -0.462 e. The number of H-pyrrole nitrogens is 1. The van der Waals surface area contributed by atoms with Crippen molar-refractivity contribution >= 4 is 5.97 Å². The molecule has 0 aliphatic heterocycles. The lowest BCUT2D eigenvalue weighted by Gasteiger charge is -2.16. The lowest BCUT2D eigenvalue weighted by molar-refractivity contribution is 0.0523. The van der Waals surface area contributed by atoms with Crippen LogP contribution in [0.1, 0.15) is 43.9 Å². The van der Waals surface area contributed by atoms with Gasteiger partial charge in [0.1, 0.15) is 11.4 Å². The SMILES string of the molecule is CCOC(=O)c1cnc(CC(C)(C)C)[nH]c1=O. The van der Waals surface area contributed by atoms with E-state index in [-0.39, 0.29) is 17.6 Å². The molecule has 1 rings (SSSR count). The summed E-state index contributed by atoms with van der Waals surface area (Å²) >= 11 is 0. The molecule has 17 heavy (non-hydrogen) atoms. The van der Waals surface area contributed by atoms with E-state index in [9.17, 15) is 9.59 Å². The molecule has 0 atom stereocenters. The van der Waals surface area contributed by atoms with Gasteiger partial charge in [-0.25, -0.2) is 9.78 Å². The Balaban J connectivity index is 2.95. The zero-order chi connectivity index (χ0) is 13.1. The van der Waals surface area contributed by atoms with E-state index >= 15 is 0 Å². The molecule has 1 N–H and O–H groups in total. The third-order valence-electron chi connectivity index (χ3n) is 2.05. The Labute approximate surface area is 100 Å². The zero-order valence-electron chi connectivity index (χ0n) is 10.7. The number of nitrogens with one attached hydrogen (secondary N) is 1. The molecule has 94 valence electrons. The fraction of sp³-hybridized carbons (Fsp3) is 0.583. The van der Waals surface area contributed by atoms with Gasteiger partial charge >= 0.3 is 5.97 Å². The second-order valence-corrected chi connectivity index (χ2v) is 5.03. The summed E-state index contributed by atoms with van der Waals surface area (Å²) in [4.78, 5) is 29.7. The molecule has 0 saturated carbocycles. The van der Waals surface area contributed by atoms with E-state index in [1.54, 1.807) is 6.92 Å². The molecule has 5 heteroatoms. The molecule has 0 radical (unpaired) electrons. The number of aromatic amines is 1. The third kappa shape index (κ3) is 4.01. The van der Waals surface area contributed by atoms with Crippen molar-refractivity contribution < 1.29 is 9.53 Å². The van der Waals surface area contributed by atoms with E-state index in [0.29, 0.717) is 12.2 Å². The average Bonchev–Trinajstić information content (AvgIpc) is 2.15. The van der Waals surface area contributed by atoms with Gasteiger partial charge in [0.2, 0.25) is 0 Å². The highest BCUT2D eigenvalue weighted by atomic mass is 16.5. The Bertz CT molecular complexity index is 458. The van der Waals surface area contributed by atoms with Crippen LogP contribution in [0.5, 0.6) is 0 Å². The maximum Gasteiger partial charge on any atom is 0.345 e. The van der Waals surface area contributed by atoms with Crippen molar-refractivity contribution in [3.63, 3.8) is 0 Å². The number of carbonyl (C=O) groups excluding carboxylic acids is 1. The Hall–Kier alpha value is -1.65. The number of aromatic nitrogens is 2. The number of esters is 1. The number of carbonyl (C=O) groups is 1. The Morgan fingerprint density at radius 1 is 1.47 bits per heavy atom. The van der Waals surface area contributed by atoms with Crippen LogP contribution in [0.3, 0.4) is 0 Å². The van der Waals surface area contributed by atoms with Crippen LogP contribution in [0.2, 0.25) is 0 Å². The predicted octanol–water partition coefficient (Wildman–Crippen LogP) is 1.54. The van der Waals surface area contributed by atoms with Gasteiger partial charge in [-0.05, 0) is 12.3 Å². The van der Waals surface area contributed by atoms with Crippen molar-refractivity contribution in [2.24, 2.45) is 5.41 Å². The highest BCUT2D eigenvalue weighted by Gasteiger charge is 2.16. The highest BCUT2D eigenvalue weighted by Crippen LogP contribution is 2.17. The van der Waals surface area contributed by atoms with E-state index in [1.165, 1.54) is 6.20 Å². The van der Waals surface area contributed by atoms with Gasteiger partial charge < -0.3 is 9.72 Å². The Morgan fingerprint density at radius 2 is 2.12 bits per heavy atom. The first-order valence-electron chi connectivity index (χ1n) is 5.59. The van der Waals surface area contributed by atoms with Crippen molar-refractivity contribution in [1.29, 1.82) is 0 Å². The maximum absolute atomic E-state index is 11.6. The fourth-order valence-electron chi connectivity index (χ4n) is 1.38. The van der Waals surface area contributed by atoms with Crippen molar-refractivity contribution in [2.75, 3.05) is 6.61 Å². The molecular weight excluding hydrogens is 220 g/mol. The Morgan fingerprint density at radius 3 is 2.59 bits per heavy atom. The van der Waals surface area contributed by atoms with Crippen molar-refractivity contribution in [2.45, 2.75) is 34.1 Å². The smallest absolute Gasteiger partial charge is 0.345 e. The van der Waals surface area contributed by atoms with E-state index in [2.05, 4.69) is 9.97 Å². The zero-order valence-corrected chi connectivity index (χ0v) is 10.7. The first kappa shape index (κ1) is 13.4. The second kappa shape index (κ2) is 5.12. The number of nitrogens with zero attached hydrogens (tertiary/aromatic N) is 1. The van der Waals surface area contributed by atoms with Crippen LogP contribution >= 0.6 is 0 Å². The minimum atomic E-state index is -0.636. The minimum absolute atomic E-state index is 0.0292. The lowest BCUT2D eigenvalue weighted by Crippen LogP contribution is -2.23. The Kier molecular flexibility index (Phi) is 4.04. The number of hydrogen-bond acceptors (Lipinski definition) is 4. The molecule has 0 fully saturated rings. The average molecular weight is 238 g/mol. The largest absolute Gasteiger partial charge is 0.462 e. The van der Waals surface area contributed by atoms with Gasteiger partial charge in [-0.3, -0.25) is 4.79 Å². The van der Waals surface area contributed by atoms with Gasteiger partial charge in [0.05, 0.1) is 6.61 Å². The topological polar surface area (TPSA) is 72.0 Å². The molecule has 0 bridgehead atoms. The summed E-state index contributed by atoms with van der Waals surface area (Å²) in [6.07, 6.45) is 1.92. The molecule has 0 aliphatic rings. The number of hydrogen-bond donors (Lipinski definition) is 1. The molecule has 5 nitrogen and oxygen atoms in total. The van der Waals surface area contributed by atoms with Gasteiger partial charge in [0, 0.05) is 12.6 Å². The summed E-state index contributed by atoms with van der Waals surface area (Å²) in [5.41, 5.74) is -0.469. The normalized spacial score (nSPS) is 11.3. The summed E-state index contributed by atoms with van der Waals surface area (Å²) in [7, 11) is 0.